The third-order valence-electron chi connectivity index (χ3n) is 1.05. The van der Waals surface area contributed by atoms with Gasteiger partial charge in [0, 0.05) is 0 Å². The summed E-state index contributed by atoms with van der Waals surface area (Å²) in [6.07, 6.45) is 1.44. The highest BCUT2D eigenvalue weighted by Crippen LogP contribution is 2.14. The summed E-state index contributed by atoms with van der Waals surface area (Å²) in [7, 11) is 0. The summed E-state index contributed by atoms with van der Waals surface area (Å²) >= 11 is 7.91. The third-order valence-corrected chi connectivity index (χ3v) is 2.30. The van der Waals surface area contributed by atoms with E-state index in [2.05, 4.69) is 20.9 Å². The van der Waals surface area contributed by atoms with Crippen LogP contribution in [0.15, 0.2) is 16.7 Å². The van der Waals surface area contributed by atoms with Crippen molar-refractivity contribution in [3.05, 3.63) is 31.4 Å². The number of hydrogen-bond donors (Lipinski definition) is 1. The molecule has 0 spiro atoms. The molecule has 58 valence electrons. The minimum atomic E-state index is -0.526. The molecular weight excluding hydrogens is 232 g/mol. The maximum absolute atomic E-state index is 10.2. The Labute approximate surface area is 75.5 Å². The predicted molar refractivity (Wildman–Crippen MR) is 46.0 cm³/mol. The van der Waals surface area contributed by atoms with Gasteiger partial charge >= 0.3 is 5.82 Å². The SMILES string of the molecule is O=[N+]([O-])c1cc(=S)c(Br)c[nH]1. The van der Waals surface area contributed by atoms with Gasteiger partial charge in [-0.3, -0.25) is 0 Å². The summed E-state index contributed by atoms with van der Waals surface area (Å²) in [5, 5.41) is 10.2. The van der Waals surface area contributed by atoms with Crippen molar-refractivity contribution in [1.29, 1.82) is 0 Å². The maximum atomic E-state index is 10.2. The molecule has 1 aromatic rings. The highest BCUT2D eigenvalue weighted by Gasteiger charge is 2.02. The van der Waals surface area contributed by atoms with Crippen LogP contribution in [-0.4, -0.2) is 9.91 Å². The molecule has 6 heteroatoms. The second kappa shape index (κ2) is 3.10. The van der Waals surface area contributed by atoms with Crippen molar-refractivity contribution in [2.75, 3.05) is 0 Å². The molecule has 0 atom stereocenters. The zero-order chi connectivity index (χ0) is 8.43. The zero-order valence-corrected chi connectivity index (χ0v) is 7.61. The van der Waals surface area contributed by atoms with Crippen LogP contribution in [-0.2, 0) is 0 Å². The first-order valence-corrected chi connectivity index (χ1v) is 3.84. The molecule has 0 aliphatic heterocycles. The number of H-pyrrole nitrogens is 1. The van der Waals surface area contributed by atoms with E-state index in [0.29, 0.717) is 8.98 Å². The monoisotopic (exact) mass is 234 g/mol. The van der Waals surface area contributed by atoms with Gasteiger partial charge in [-0.1, -0.05) is 12.2 Å². The molecule has 4 nitrogen and oxygen atoms in total. The summed E-state index contributed by atoms with van der Waals surface area (Å²) < 4.78 is 1.08. The third kappa shape index (κ3) is 1.84. The average Bonchev–Trinajstić information content (AvgIpc) is 1.94. The highest BCUT2D eigenvalue weighted by atomic mass is 79.9. The topological polar surface area (TPSA) is 58.9 Å². The van der Waals surface area contributed by atoms with E-state index in [1.807, 2.05) is 0 Å². The number of nitrogens with one attached hydrogen (secondary N) is 1. The molecule has 0 bridgehead atoms. The van der Waals surface area contributed by atoms with Crippen LogP contribution in [0.25, 0.3) is 0 Å². The van der Waals surface area contributed by atoms with Gasteiger partial charge in [-0.2, -0.15) is 0 Å². The molecule has 0 fully saturated rings. The highest BCUT2D eigenvalue weighted by molar-refractivity contribution is 9.10. The van der Waals surface area contributed by atoms with Gasteiger partial charge in [0.05, 0.1) is 15.0 Å². The summed E-state index contributed by atoms with van der Waals surface area (Å²) in [6.45, 7) is 0. The molecule has 1 rings (SSSR count). The molecule has 1 N–H and O–H groups in total. The lowest BCUT2D eigenvalue weighted by molar-refractivity contribution is -0.389. The fraction of sp³-hybridized carbons (Fsp3) is 0. The van der Waals surface area contributed by atoms with Gasteiger partial charge in [-0.25, -0.2) is 4.98 Å². The Bertz CT molecular complexity index is 349. The van der Waals surface area contributed by atoms with Crippen LogP contribution in [0.2, 0.25) is 0 Å². The van der Waals surface area contributed by atoms with Crippen LogP contribution in [0.5, 0.6) is 0 Å². The second-order valence-corrected chi connectivity index (χ2v) is 3.08. The van der Waals surface area contributed by atoms with Crippen molar-refractivity contribution in [3.63, 3.8) is 0 Å². The van der Waals surface area contributed by atoms with Crippen molar-refractivity contribution in [2.45, 2.75) is 0 Å². The van der Waals surface area contributed by atoms with E-state index in [1.54, 1.807) is 0 Å². The van der Waals surface area contributed by atoms with E-state index in [0.717, 1.165) is 0 Å². The number of halogens is 1. The van der Waals surface area contributed by atoms with E-state index in [1.165, 1.54) is 12.3 Å². The molecule has 0 radical (unpaired) electrons. The Morgan fingerprint density at radius 1 is 1.73 bits per heavy atom. The minimum Gasteiger partial charge on any atom is -0.358 e. The standard InChI is InChI=1S/C5H3BrN2O2S/c6-3-2-7-5(8(9)10)1-4(3)11/h1-2H,(H,7,11). The van der Waals surface area contributed by atoms with Gasteiger partial charge in [-0.15, -0.1) is 0 Å². The lowest BCUT2D eigenvalue weighted by Crippen LogP contribution is -1.90. The van der Waals surface area contributed by atoms with Crippen LogP contribution in [0.1, 0.15) is 0 Å². The smallest absolute Gasteiger partial charge is 0.322 e. The van der Waals surface area contributed by atoms with Gasteiger partial charge in [0.2, 0.25) is 0 Å². The first kappa shape index (κ1) is 8.35. The Morgan fingerprint density at radius 2 is 2.36 bits per heavy atom. The van der Waals surface area contributed by atoms with E-state index >= 15 is 0 Å². The van der Waals surface area contributed by atoms with E-state index < -0.39 is 4.92 Å². The van der Waals surface area contributed by atoms with Gasteiger partial charge in [0.15, 0.2) is 0 Å². The molecule has 0 saturated heterocycles. The van der Waals surface area contributed by atoms with Crippen molar-refractivity contribution in [2.24, 2.45) is 0 Å². The zero-order valence-electron chi connectivity index (χ0n) is 5.20. The number of nitrogens with zero attached hydrogens (tertiary/aromatic N) is 1. The van der Waals surface area contributed by atoms with Crippen LogP contribution in [0.3, 0.4) is 0 Å². The fourth-order valence-electron chi connectivity index (χ4n) is 0.549. The molecule has 0 saturated carbocycles. The van der Waals surface area contributed by atoms with Crippen LogP contribution in [0, 0.1) is 14.6 Å². The molecule has 0 aliphatic carbocycles. The Hall–Kier alpha value is -0.750. The van der Waals surface area contributed by atoms with Crippen LogP contribution in [0.4, 0.5) is 5.82 Å². The van der Waals surface area contributed by atoms with Gasteiger partial charge in [0.1, 0.15) is 6.20 Å². The van der Waals surface area contributed by atoms with E-state index in [-0.39, 0.29) is 5.82 Å². The van der Waals surface area contributed by atoms with E-state index in [4.69, 9.17) is 12.2 Å². The number of aromatic amines is 1. The number of hydrogen-bond acceptors (Lipinski definition) is 3. The lowest BCUT2D eigenvalue weighted by atomic mass is 10.5. The molecule has 0 amide bonds. The quantitative estimate of drug-likeness (QED) is 0.462. The normalized spacial score (nSPS) is 9.55. The van der Waals surface area contributed by atoms with Gasteiger partial charge in [0.25, 0.3) is 0 Å². The minimum absolute atomic E-state index is 0.0989. The molecule has 0 aromatic carbocycles. The summed E-state index contributed by atoms with van der Waals surface area (Å²) in [6, 6.07) is 1.29. The Morgan fingerprint density at radius 3 is 2.82 bits per heavy atom. The van der Waals surface area contributed by atoms with E-state index in [9.17, 15) is 10.1 Å². The fourth-order valence-corrected chi connectivity index (χ4v) is 0.948. The summed E-state index contributed by atoms with van der Waals surface area (Å²) in [5.74, 6) is -0.0989. The molecular formula is C5H3BrN2O2S. The number of pyridine rings is 1. The maximum Gasteiger partial charge on any atom is 0.322 e. The molecule has 1 aromatic heterocycles. The number of aromatic nitrogens is 1. The van der Waals surface area contributed by atoms with Crippen molar-refractivity contribution in [3.8, 4) is 0 Å². The molecule has 11 heavy (non-hydrogen) atoms. The number of nitro groups is 1. The van der Waals surface area contributed by atoms with Gasteiger partial charge in [-0.05, 0) is 20.9 Å². The summed E-state index contributed by atoms with van der Waals surface area (Å²) in [4.78, 5) is 12.1. The number of rotatable bonds is 1. The van der Waals surface area contributed by atoms with Crippen molar-refractivity contribution < 1.29 is 4.92 Å². The Kier molecular flexibility index (Phi) is 2.35. The Balaban J connectivity index is 3.26. The average molecular weight is 235 g/mol. The summed E-state index contributed by atoms with van der Waals surface area (Å²) in [5.41, 5.74) is 0. The lowest BCUT2D eigenvalue weighted by Gasteiger charge is -1.92. The molecule has 1 heterocycles. The van der Waals surface area contributed by atoms with Gasteiger partial charge < -0.3 is 10.1 Å². The second-order valence-electron chi connectivity index (χ2n) is 1.79. The molecule has 0 unspecified atom stereocenters. The predicted octanol–water partition coefficient (Wildman–Crippen LogP) is 2.41. The first-order valence-electron chi connectivity index (χ1n) is 2.64. The van der Waals surface area contributed by atoms with Crippen LogP contribution < -0.4 is 0 Å². The largest absolute Gasteiger partial charge is 0.358 e. The van der Waals surface area contributed by atoms with Crippen molar-refractivity contribution in [1.82, 2.24) is 4.98 Å². The first-order chi connectivity index (χ1) is 5.11. The molecule has 0 aliphatic rings. The van der Waals surface area contributed by atoms with Crippen molar-refractivity contribution >= 4 is 34.0 Å². The van der Waals surface area contributed by atoms with Crippen LogP contribution >= 0.6 is 28.1 Å².